The summed E-state index contributed by atoms with van der Waals surface area (Å²) in [5, 5.41) is 30.0. The summed E-state index contributed by atoms with van der Waals surface area (Å²) in [6.45, 7) is -0.640. The minimum atomic E-state index is -1.53. The maximum absolute atomic E-state index is 12.0. The van der Waals surface area contributed by atoms with Gasteiger partial charge in [-0.05, 0) is 24.5 Å². The van der Waals surface area contributed by atoms with Crippen molar-refractivity contribution in [3.8, 4) is 0 Å². The number of aliphatic carboxylic acids is 1. The average molecular weight is 323 g/mol. The van der Waals surface area contributed by atoms with Gasteiger partial charge in [0.2, 0.25) is 6.54 Å². The number of piperidine rings is 1. The van der Waals surface area contributed by atoms with Crippen molar-refractivity contribution in [2.45, 2.75) is 18.8 Å². The van der Waals surface area contributed by atoms with Crippen LogP contribution >= 0.6 is 0 Å². The molecule has 2 rings (SSSR count). The van der Waals surface area contributed by atoms with Crippen LogP contribution in [0.4, 0.5) is 4.79 Å². The molecule has 9 nitrogen and oxygen atoms in total. The van der Waals surface area contributed by atoms with Crippen molar-refractivity contribution in [1.29, 1.82) is 0 Å². The van der Waals surface area contributed by atoms with Gasteiger partial charge in [-0.25, -0.2) is 4.79 Å². The summed E-state index contributed by atoms with van der Waals surface area (Å²) in [7, 11) is 0. The van der Waals surface area contributed by atoms with Crippen LogP contribution < -0.4 is 0 Å². The molecule has 1 aromatic heterocycles. The van der Waals surface area contributed by atoms with Gasteiger partial charge in [0.15, 0.2) is 0 Å². The molecule has 1 amide bonds. The van der Waals surface area contributed by atoms with Crippen LogP contribution in [0, 0.1) is 15.5 Å². The second-order valence-corrected chi connectivity index (χ2v) is 5.62. The number of carboxylic acids is 1. The number of hydrogen-bond acceptors (Lipinski definition) is 5. The van der Waals surface area contributed by atoms with Gasteiger partial charge in [-0.15, -0.1) is 0 Å². The fraction of sp³-hybridized carbons (Fsp3) is 0.500. The number of nitrogens with zero attached hydrogens (tertiary/aromatic N) is 3. The van der Waals surface area contributed by atoms with Crippen LogP contribution in [-0.4, -0.2) is 56.7 Å². The van der Waals surface area contributed by atoms with Gasteiger partial charge < -0.3 is 15.1 Å². The first kappa shape index (κ1) is 16.7. The molecule has 1 fully saturated rings. The minimum Gasteiger partial charge on any atom is -0.481 e. The summed E-state index contributed by atoms with van der Waals surface area (Å²) in [4.78, 5) is 38.6. The van der Waals surface area contributed by atoms with E-state index in [2.05, 4.69) is 4.98 Å². The van der Waals surface area contributed by atoms with Gasteiger partial charge in [0.25, 0.3) is 0 Å². The van der Waals surface area contributed by atoms with E-state index in [9.17, 15) is 29.9 Å². The fourth-order valence-electron chi connectivity index (χ4n) is 3.19. The summed E-state index contributed by atoms with van der Waals surface area (Å²) < 4.78 is 0. The van der Waals surface area contributed by atoms with Crippen LogP contribution in [0.15, 0.2) is 24.5 Å². The molecule has 0 radical (unpaired) electrons. The van der Waals surface area contributed by atoms with Gasteiger partial charge in [-0.1, -0.05) is 6.07 Å². The minimum absolute atomic E-state index is 0.180. The van der Waals surface area contributed by atoms with E-state index in [-0.39, 0.29) is 19.5 Å². The van der Waals surface area contributed by atoms with E-state index >= 15 is 0 Å². The van der Waals surface area contributed by atoms with Crippen molar-refractivity contribution >= 4 is 12.1 Å². The molecule has 124 valence electrons. The lowest BCUT2D eigenvalue weighted by atomic mass is 9.67. The van der Waals surface area contributed by atoms with Crippen molar-refractivity contribution in [3.05, 3.63) is 40.2 Å². The topological polar surface area (TPSA) is 134 Å². The molecule has 2 heterocycles. The maximum atomic E-state index is 12.0. The highest BCUT2D eigenvalue weighted by Gasteiger charge is 2.52. The van der Waals surface area contributed by atoms with E-state index in [1.165, 1.54) is 12.4 Å². The molecular weight excluding hydrogens is 306 g/mol. The van der Waals surface area contributed by atoms with Crippen molar-refractivity contribution in [1.82, 2.24) is 9.88 Å². The molecule has 1 saturated heterocycles. The molecule has 9 heteroatoms. The maximum Gasteiger partial charge on any atom is 0.407 e. The number of aromatic nitrogens is 1. The summed E-state index contributed by atoms with van der Waals surface area (Å²) in [6.07, 6.45) is 2.19. The molecule has 0 aliphatic carbocycles. The lowest BCUT2D eigenvalue weighted by Crippen LogP contribution is -2.53. The molecule has 1 aliphatic heterocycles. The summed E-state index contributed by atoms with van der Waals surface area (Å²) in [6, 6.07) is 3.17. The van der Waals surface area contributed by atoms with Crippen LogP contribution in [0.1, 0.15) is 24.3 Å². The molecule has 2 unspecified atom stereocenters. The van der Waals surface area contributed by atoms with Gasteiger partial charge in [0.05, 0.1) is 11.3 Å². The van der Waals surface area contributed by atoms with E-state index in [1.807, 2.05) is 0 Å². The number of nitro groups is 1. The van der Waals surface area contributed by atoms with Gasteiger partial charge >= 0.3 is 12.1 Å². The Labute approximate surface area is 131 Å². The van der Waals surface area contributed by atoms with Crippen LogP contribution in [0.2, 0.25) is 0 Å². The van der Waals surface area contributed by atoms with E-state index in [0.29, 0.717) is 12.0 Å². The summed E-state index contributed by atoms with van der Waals surface area (Å²) in [5.74, 6) is -2.18. The van der Waals surface area contributed by atoms with Crippen molar-refractivity contribution in [3.63, 3.8) is 0 Å². The highest BCUT2D eigenvalue weighted by atomic mass is 16.6. The molecule has 1 aromatic rings. The number of carboxylic acid groups (broad SMARTS) is 2. The zero-order valence-corrected chi connectivity index (χ0v) is 12.3. The lowest BCUT2D eigenvalue weighted by molar-refractivity contribution is -0.486. The third-order valence-electron chi connectivity index (χ3n) is 4.31. The van der Waals surface area contributed by atoms with Crippen LogP contribution in [0.5, 0.6) is 0 Å². The van der Waals surface area contributed by atoms with E-state index in [4.69, 9.17) is 0 Å². The Kier molecular flexibility index (Phi) is 4.77. The summed E-state index contributed by atoms with van der Waals surface area (Å²) in [5.41, 5.74) is -1.11. The first-order valence-corrected chi connectivity index (χ1v) is 7.10. The second kappa shape index (κ2) is 6.59. The third-order valence-corrected chi connectivity index (χ3v) is 4.31. The largest absolute Gasteiger partial charge is 0.481 e. The first-order valence-electron chi connectivity index (χ1n) is 7.10. The zero-order valence-electron chi connectivity index (χ0n) is 12.3. The highest BCUT2D eigenvalue weighted by Crippen LogP contribution is 2.43. The molecular formula is C14H17N3O6. The monoisotopic (exact) mass is 323 g/mol. The van der Waals surface area contributed by atoms with E-state index in [1.54, 1.807) is 12.1 Å². The molecule has 2 N–H and O–H groups in total. The summed E-state index contributed by atoms with van der Waals surface area (Å²) >= 11 is 0. The molecule has 23 heavy (non-hydrogen) atoms. The smallest absolute Gasteiger partial charge is 0.407 e. The van der Waals surface area contributed by atoms with E-state index < -0.39 is 34.9 Å². The normalized spacial score (nSPS) is 22.3. The number of hydrogen-bond donors (Lipinski definition) is 2. The SMILES string of the molecule is O=C(O)N1CCCC(C(=O)O)(C(C[N+](=O)[O-])c2cccnc2)C1. The number of likely N-dealkylation sites (tertiary alicyclic amines) is 1. The number of carbonyl (C=O) groups is 2. The van der Waals surface area contributed by atoms with Crippen LogP contribution in [0.3, 0.4) is 0 Å². The highest BCUT2D eigenvalue weighted by molar-refractivity contribution is 5.78. The van der Waals surface area contributed by atoms with E-state index in [0.717, 1.165) is 4.90 Å². The van der Waals surface area contributed by atoms with Gasteiger partial charge in [0, 0.05) is 30.4 Å². The Bertz CT molecular complexity index is 608. The molecule has 0 aromatic carbocycles. The predicted molar refractivity (Wildman–Crippen MR) is 77.7 cm³/mol. The van der Waals surface area contributed by atoms with Gasteiger partial charge in [-0.3, -0.25) is 19.9 Å². The predicted octanol–water partition coefficient (Wildman–Crippen LogP) is 1.29. The lowest BCUT2D eigenvalue weighted by Gasteiger charge is -2.42. The number of rotatable bonds is 5. The number of pyridine rings is 1. The Morgan fingerprint density at radius 1 is 1.48 bits per heavy atom. The molecule has 1 aliphatic rings. The average Bonchev–Trinajstić information content (AvgIpc) is 2.53. The van der Waals surface area contributed by atoms with Crippen molar-refractivity contribution < 1.29 is 24.7 Å². The Balaban J connectivity index is 2.47. The second-order valence-electron chi connectivity index (χ2n) is 5.62. The van der Waals surface area contributed by atoms with Gasteiger partial charge in [0.1, 0.15) is 0 Å². The number of amides is 1. The molecule has 2 atom stereocenters. The quantitative estimate of drug-likeness (QED) is 0.615. The molecule has 0 spiro atoms. The fourth-order valence-corrected chi connectivity index (χ4v) is 3.19. The van der Waals surface area contributed by atoms with Crippen molar-refractivity contribution in [2.24, 2.45) is 5.41 Å². The standard InChI is InChI=1S/C14H17N3O6/c18-12(19)14(4-2-6-16(9-14)13(20)21)11(8-17(22)23)10-3-1-5-15-7-10/h1,3,5,7,11H,2,4,6,8-9H2,(H,18,19)(H,20,21). The zero-order chi connectivity index (χ0) is 17.0. The first-order chi connectivity index (χ1) is 10.9. The van der Waals surface area contributed by atoms with Crippen LogP contribution in [-0.2, 0) is 4.79 Å². The van der Waals surface area contributed by atoms with Crippen LogP contribution in [0.25, 0.3) is 0 Å². The Morgan fingerprint density at radius 3 is 2.74 bits per heavy atom. The Morgan fingerprint density at radius 2 is 2.22 bits per heavy atom. The third kappa shape index (κ3) is 3.38. The van der Waals surface area contributed by atoms with Gasteiger partial charge in [-0.2, -0.15) is 0 Å². The van der Waals surface area contributed by atoms with Crippen molar-refractivity contribution in [2.75, 3.05) is 19.6 Å². The molecule has 0 bridgehead atoms. The molecule has 0 saturated carbocycles. The Hall–Kier alpha value is -2.71.